The maximum Gasteiger partial charge on any atom is 0.286 e. The van der Waals surface area contributed by atoms with E-state index in [-0.39, 0.29) is 23.1 Å². The largest absolute Gasteiger partial charge is 0.460 e. The van der Waals surface area contributed by atoms with Crippen LogP contribution in [0, 0.1) is 5.41 Å². The zero-order chi connectivity index (χ0) is 22.7. The number of hydrogen-bond donors (Lipinski definition) is 1. The van der Waals surface area contributed by atoms with Crippen molar-refractivity contribution >= 4 is 21.8 Å². The summed E-state index contributed by atoms with van der Waals surface area (Å²) in [5, 5.41) is 3.16. The van der Waals surface area contributed by atoms with Gasteiger partial charge in [-0.15, -0.1) is 0 Å². The second-order valence-corrected chi connectivity index (χ2v) is 9.82. The minimum atomic E-state index is -0.249. The number of unbranched alkanes of at least 4 members (excludes halogenated alkanes) is 2. The summed E-state index contributed by atoms with van der Waals surface area (Å²) in [7, 11) is 0. The van der Waals surface area contributed by atoms with Crippen LogP contribution in [0.1, 0.15) is 97.2 Å². The zero-order valence-electron chi connectivity index (χ0n) is 19.7. The Labute approximate surface area is 192 Å². The first-order valence-electron chi connectivity index (χ1n) is 11.3. The molecule has 4 heteroatoms. The summed E-state index contributed by atoms with van der Waals surface area (Å²) in [4.78, 5) is 12.9. The second kappa shape index (κ2) is 13.0. The molecule has 0 aliphatic rings. The van der Waals surface area contributed by atoms with Gasteiger partial charge in [0.1, 0.15) is 0 Å². The average Bonchev–Trinajstić information content (AvgIpc) is 2.69. The van der Waals surface area contributed by atoms with Gasteiger partial charge in [-0.1, -0.05) is 89.4 Å². The second-order valence-electron chi connectivity index (χ2n) is 8.90. The molecule has 30 heavy (non-hydrogen) atoms. The lowest BCUT2D eigenvalue weighted by molar-refractivity contribution is -0.120. The lowest BCUT2D eigenvalue weighted by Gasteiger charge is -2.24. The van der Waals surface area contributed by atoms with Crippen molar-refractivity contribution in [3.63, 3.8) is 0 Å². The summed E-state index contributed by atoms with van der Waals surface area (Å²) in [5.74, 6) is -0.106. The normalized spacial score (nSPS) is 13.1. The van der Waals surface area contributed by atoms with Crippen LogP contribution in [0.5, 0.6) is 0 Å². The molecule has 1 rings (SSSR count). The fourth-order valence-corrected chi connectivity index (χ4v) is 3.76. The molecule has 1 N–H and O–H groups in total. The third kappa shape index (κ3) is 8.67. The molecular weight excluding hydrogens is 438 g/mol. The van der Waals surface area contributed by atoms with Crippen molar-refractivity contribution in [1.29, 1.82) is 0 Å². The summed E-state index contributed by atoms with van der Waals surface area (Å²) in [5.41, 5.74) is 3.61. The van der Waals surface area contributed by atoms with Crippen molar-refractivity contribution in [3.05, 3.63) is 58.0 Å². The Morgan fingerprint density at radius 3 is 2.43 bits per heavy atom. The number of carbonyl (C=O) groups excluding carboxylic acids is 1. The van der Waals surface area contributed by atoms with Crippen molar-refractivity contribution in [3.8, 4) is 0 Å². The van der Waals surface area contributed by atoms with E-state index in [0.717, 1.165) is 49.4 Å². The number of allylic oxidation sites excluding steroid dienone is 1. The van der Waals surface area contributed by atoms with Gasteiger partial charge >= 0.3 is 0 Å². The third-order valence-electron chi connectivity index (χ3n) is 5.37. The summed E-state index contributed by atoms with van der Waals surface area (Å²) < 4.78 is 6.79. The molecule has 0 saturated carbocycles. The molecule has 1 amide bonds. The van der Waals surface area contributed by atoms with Crippen molar-refractivity contribution in [2.24, 2.45) is 5.41 Å². The van der Waals surface area contributed by atoms with Gasteiger partial charge < -0.3 is 10.1 Å². The van der Waals surface area contributed by atoms with Crippen LogP contribution in [0.2, 0.25) is 0 Å². The van der Waals surface area contributed by atoms with Crippen LogP contribution in [0.25, 0.3) is 0 Å². The van der Waals surface area contributed by atoms with Crippen LogP contribution in [-0.4, -0.2) is 5.91 Å². The van der Waals surface area contributed by atoms with Crippen LogP contribution < -0.4 is 5.32 Å². The molecule has 1 atom stereocenters. The molecule has 0 spiro atoms. The molecular formula is C26H40BrNO2. The summed E-state index contributed by atoms with van der Waals surface area (Å²) in [6, 6.07) is 6.23. The van der Waals surface area contributed by atoms with E-state index < -0.39 is 0 Å². The smallest absolute Gasteiger partial charge is 0.286 e. The highest BCUT2D eigenvalue weighted by Gasteiger charge is 2.21. The fraction of sp³-hybridized carbons (Fsp3) is 0.577. The Kier molecular flexibility index (Phi) is 11.5. The van der Waals surface area contributed by atoms with E-state index in [1.54, 1.807) is 6.26 Å². The number of carbonyl (C=O) groups is 1. The van der Waals surface area contributed by atoms with Crippen LogP contribution in [0.15, 0.2) is 46.8 Å². The molecule has 1 aromatic carbocycles. The molecule has 0 aromatic heterocycles. The molecule has 0 heterocycles. The number of aryl methyl sites for hydroxylation is 1. The Morgan fingerprint density at radius 1 is 1.20 bits per heavy atom. The van der Waals surface area contributed by atoms with Crippen LogP contribution in [-0.2, 0) is 16.0 Å². The maximum atomic E-state index is 12.9. The van der Waals surface area contributed by atoms with Crippen LogP contribution in [0.3, 0.4) is 0 Å². The highest BCUT2D eigenvalue weighted by Crippen LogP contribution is 2.30. The average molecular weight is 479 g/mol. The molecule has 168 valence electrons. The van der Waals surface area contributed by atoms with E-state index in [9.17, 15) is 4.79 Å². The number of rotatable bonds is 12. The van der Waals surface area contributed by atoms with Gasteiger partial charge in [-0.3, -0.25) is 4.79 Å². The topological polar surface area (TPSA) is 38.3 Å². The molecule has 0 aliphatic heterocycles. The summed E-state index contributed by atoms with van der Waals surface area (Å²) in [6.07, 6.45) is 8.86. The highest BCUT2D eigenvalue weighted by molar-refractivity contribution is 9.10. The van der Waals surface area contributed by atoms with Gasteiger partial charge in [0.05, 0.1) is 12.3 Å². The van der Waals surface area contributed by atoms with E-state index in [4.69, 9.17) is 4.74 Å². The fourth-order valence-electron chi connectivity index (χ4n) is 3.35. The molecule has 0 aliphatic carbocycles. The van der Waals surface area contributed by atoms with Crippen LogP contribution >= 0.6 is 15.9 Å². The van der Waals surface area contributed by atoms with Gasteiger partial charge in [-0.05, 0) is 59.9 Å². The highest BCUT2D eigenvalue weighted by atomic mass is 79.9. The van der Waals surface area contributed by atoms with Gasteiger partial charge in [-0.2, -0.15) is 0 Å². The van der Waals surface area contributed by atoms with Crippen LogP contribution in [0.4, 0.5) is 0 Å². The minimum absolute atomic E-state index is 0.00302. The third-order valence-corrected chi connectivity index (χ3v) is 5.87. The van der Waals surface area contributed by atoms with E-state index >= 15 is 0 Å². The van der Waals surface area contributed by atoms with E-state index in [2.05, 4.69) is 81.5 Å². The molecule has 0 bridgehead atoms. The molecule has 3 nitrogen and oxygen atoms in total. The van der Waals surface area contributed by atoms with Crippen molar-refractivity contribution in [2.75, 3.05) is 0 Å². The monoisotopic (exact) mass is 477 g/mol. The van der Waals surface area contributed by atoms with Gasteiger partial charge in [0.25, 0.3) is 5.91 Å². The van der Waals surface area contributed by atoms with E-state index in [1.807, 2.05) is 6.07 Å². The number of ether oxygens (including phenoxy) is 1. The van der Waals surface area contributed by atoms with Gasteiger partial charge in [0, 0.05) is 4.47 Å². The van der Waals surface area contributed by atoms with Crippen molar-refractivity contribution in [1.82, 2.24) is 5.32 Å². The Hall–Kier alpha value is -1.55. The summed E-state index contributed by atoms with van der Waals surface area (Å²) >= 11 is 3.55. The standard InChI is InChI=1S/C26H40BrNO2/c1-8-11-13-21(26(5,6)7)18-30-19(4)25(29)28-24(14-12-9-2)23-16-15-22(27)17-20(23)10-3/h15-18,24H,4,8-14H2,1-3,5-7H3,(H,28,29)/b21-18+. The Bertz CT molecular complexity index is 731. The lowest BCUT2D eigenvalue weighted by atomic mass is 9.84. The van der Waals surface area contributed by atoms with Gasteiger partial charge in [-0.25, -0.2) is 0 Å². The Balaban J connectivity index is 2.95. The SMILES string of the molecule is C=C(O/C=C(\CCCC)C(C)(C)C)C(=O)NC(CCCC)c1ccc(Br)cc1CC. The maximum absolute atomic E-state index is 12.9. The van der Waals surface area contributed by atoms with Gasteiger partial charge in [0.2, 0.25) is 0 Å². The Morgan fingerprint density at radius 2 is 1.87 bits per heavy atom. The zero-order valence-corrected chi connectivity index (χ0v) is 21.3. The van der Waals surface area contributed by atoms with Crippen molar-refractivity contribution in [2.45, 2.75) is 92.5 Å². The van der Waals surface area contributed by atoms with Crippen molar-refractivity contribution < 1.29 is 9.53 Å². The predicted molar refractivity (Wildman–Crippen MR) is 131 cm³/mol. The van der Waals surface area contributed by atoms with Gasteiger partial charge in [0.15, 0.2) is 5.76 Å². The predicted octanol–water partition coefficient (Wildman–Crippen LogP) is 8.01. The number of halogens is 1. The first-order chi connectivity index (χ1) is 14.1. The molecule has 1 aromatic rings. The number of hydrogen-bond acceptors (Lipinski definition) is 2. The van der Waals surface area contributed by atoms with E-state index in [0.29, 0.717) is 0 Å². The number of benzene rings is 1. The quantitative estimate of drug-likeness (QED) is 0.244. The number of nitrogens with one attached hydrogen (secondary N) is 1. The summed E-state index contributed by atoms with van der Waals surface area (Å²) in [6.45, 7) is 16.9. The lowest BCUT2D eigenvalue weighted by Crippen LogP contribution is -2.30. The number of amides is 1. The first kappa shape index (κ1) is 26.5. The minimum Gasteiger partial charge on any atom is -0.460 e. The van der Waals surface area contributed by atoms with E-state index in [1.165, 1.54) is 16.7 Å². The first-order valence-corrected chi connectivity index (χ1v) is 12.1. The molecule has 0 radical (unpaired) electrons. The molecule has 1 unspecified atom stereocenters. The molecule has 0 fully saturated rings. The molecule has 0 saturated heterocycles.